The number of thiazole rings is 1. The zero-order chi connectivity index (χ0) is 18.6. The van der Waals surface area contributed by atoms with Gasteiger partial charge in [-0.3, -0.25) is 4.98 Å². The summed E-state index contributed by atoms with van der Waals surface area (Å²) in [4.78, 5) is 9.82. The van der Waals surface area contributed by atoms with E-state index < -0.39 is 0 Å². The Bertz CT molecular complexity index is 1030. The number of nitrogens with two attached hydrogens (primary N) is 1. The van der Waals surface area contributed by atoms with Crippen LogP contribution in [0.4, 0.5) is 5.13 Å². The molecule has 0 aliphatic rings. The van der Waals surface area contributed by atoms with Crippen molar-refractivity contribution < 1.29 is 0 Å². The molecule has 4 aromatic rings. The second-order valence-electron chi connectivity index (χ2n) is 6.71. The summed E-state index contributed by atoms with van der Waals surface area (Å²) < 4.78 is 0. The molecule has 0 saturated heterocycles. The Kier molecular flexibility index (Phi) is 5.14. The zero-order valence-corrected chi connectivity index (χ0v) is 16.0. The molecule has 2 heterocycles. The lowest BCUT2D eigenvalue weighted by Gasteiger charge is -2.20. The monoisotopic (exact) mass is 374 g/mol. The molecule has 0 amide bonds. The van der Waals surface area contributed by atoms with E-state index in [2.05, 4.69) is 64.7 Å². The number of rotatable bonds is 6. The first kappa shape index (κ1) is 17.6. The summed E-state index contributed by atoms with van der Waals surface area (Å²) in [7, 11) is 0. The molecule has 3 N–H and O–H groups in total. The van der Waals surface area contributed by atoms with Gasteiger partial charge in [0.05, 0.1) is 4.88 Å². The predicted octanol–water partition coefficient (Wildman–Crippen LogP) is 4.90. The number of hydrogen-bond acceptors (Lipinski definition) is 5. The highest BCUT2D eigenvalue weighted by Gasteiger charge is 2.15. The summed E-state index contributed by atoms with van der Waals surface area (Å²) in [6.45, 7) is 2.85. The molecule has 27 heavy (non-hydrogen) atoms. The standard InChI is InChI=1S/C22H22N4S/c1-15(16-5-3-2-4-6-16)20(23)13-25-22-26-14-21(27-22)18-7-8-19-12-24-10-9-17(19)11-18/h2-12,14-15,20H,13,23H2,1H3,(H,25,26)/t15-,20+/m0/s1. The summed E-state index contributed by atoms with van der Waals surface area (Å²) in [5, 5.41) is 6.62. The fraction of sp³-hybridized carbons (Fsp3) is 0.182. The van der Waals surface area contributed by atoms with Crippen LogP contribution in [-0.2, 0) is 0 Å². The Labute approximate surface area is 163 Å². The third-order valence-corrected chi connectivity index (χ3v) is 5.89. The van der Waals surface area contributed by atoms with Crippen molar-refractivity contribution in [2.45, 2.75) is 18.9 Å². The zero-order valence-electron chi connectivity index (χ0n) is 15.2. The van der Waals surface area contributed by atoms with Crippen LogP contribution in [0.2, 0.25) is 0 Å². The van der Waals surface area contributed by atoms with Gasteiger partial charge in [0, 0.05) is 36.6 Å². The highest BCUT2D eigenvalue weighted by atomic mass is 32.1. The second-order valence-corrected chi connectivity index (χ2v) is 7.74. The van der Waals surface area contributed by atoms with Gasteiger partial charge in [0.25, 0.3) is 0 Å². The van der Waals surface area contributed by atoms with E-state index >= 15 is 0 Å². The smallest absolute Gasteiger partial charge is 0.183 e. The minimum absolute atomic E-state index is 0.0212. The number of nitrogens with one attached hydrogen (secondary N) is 1. The summed E-state index contributed by atoms with van der Waals surface area (Å²) >= 11 is 1.65. The van der Waals surface area contributed by atoms with Crippen LogP contribution in [0.5, 0.6) is 0 Å². The SMILES string of the molecule is C[C@@H](c1ccccc1)[C@H](N)CNc1ncc(-c2ccc3cnccc3c2)s1. The normalized spacial score (nSPS) is 13.4. The number of hydrogen-bond donors (Lipinski definition) is 2. The lowest BCUT2D eigenvalue weighted by molar-refractivity contribution is 0.589. The van der Waals surface area contributed by atoms with Crippen LogP contribution in [-0.4, -0.2) is 22.6 Å². The van der Waals surface area contributed by atoms with Gasteiger partial charge in [0.2, 0.25) is 0 Å². The Hall–Kier alpha value is -2.76. The van der Waals surface area contributed by atoms with Crippen molar-refractivity contribution in [1.29, 1.82) is 0 Å². The number of fused-ring (bicyclic) bond motifs is 1. The second kappa shape index (κ2) is 7.86. The largest absolute Gasteiger partial charge is 0.360 e. The van der Waals surface area contributed by atoms with Crippen molar-refractivity contribution in [2.75, 3.05) is 11.9 Å². The van der Waals surface area contributed by atoms with Crippen LogP contribution in [0.15, 0.2) is 73.2 Å². The molecule has 0 spiro atoms. The average Bonchev–Trinajstić information content (AvgIpc) is 3.21. The van der Waals surface area contributed by atoms with Crippen molar-refractivity contribution in [3.05, 3.63) is 78.8 Å². The van der Waals surface area contributed by atoms with E-state index in [4.69, 9.17) is 5.73 Å². The molecule has 0 fully saturated rings. The summed E-state index contributed by atoms with van der Waals surface area (Å²) in [5.41, 5.74) is 8.81. The minimum Gasteiger partial charge on any atom is -0.360 e. The van der Waals surface area contributed by atoms with E-state index in [9.17, 15) is 0 Å². The van der Waals surface area contributed by atoms with Crippen molar-refractivity contribution >= 4 is 27.2 Å². The molecule has 5 heteroatoms. The van der Waals surface area contributed by atoms with Crippen LogP contribution in [0, 0.1) is 0 Å². The molecule has 4 nitrogen and oxygen atoms in total. The quantitative estimate of drug-likeness (QED) is 0.504. The molecule has 0 aliphatic carbocycles. The molecule has 0 aliphatic heterocycles. The summed E-state index contributed by atoms with van der Waals surface area (Å²) in [6.07, 6.45) is 5.62. The third-order valence-electron chi connectivity index (χ3n) is 4.89. The van der Waals surface area contributed by atoms with Crippen LogP contribution >= 0.6 is 11.3 Å². The lowest BCUT2D eigenvalue weighted by atomic mass is 9.94. The molecule has 0 unspecified atom stereocenters. The Morgan fingerprint density at radius 3 is 2.74 bits per heavy atom. The third kappa shape index (κ3) is 3.99. The van der Waals surface area contributed by atoms with Gasteiger partial charge in [-0.15, -0.1) is 0 Å². The van der Waals surface area contributed by atoms with Crippen molar-refractivity contribution in [2.24, 2.45) is 5.73 Å². The van der Waals surface area contributed by atoms with E-state index in [1.54, 1.807) is 11.3 Å². The molecule has 0 saturated carbocycles. The van der Waals surface area contributed by atoms with Crippen LogP contribution in [0.3, 0.4) is 0 Å². The van der Waals surface area contributed by atoms with Gasteiger partial charge < -0.3 is 11.1 Å². The summed E-state index contributed by atoms with van der Waals surface area (Å²) in [5.74, 6) is 0.284. The number of anilines is 1. The Morgan fingerprint density at radius 2 is 1.89 bits per heavy atom. The van der Waals surface area contributed by atoms with Crippen molar-refractivity contribution in [1.82, 2.24) is 9.97 Å². The maximum absolute atomic E-state index is 6.39. The number of benzene rings is 2. The van der Waals surface area contributed by atoms with Gasteiger partial charge in [-0.25, -0.2) is 4.98 Å². The summed E-state index contributed by atoms with van der Waals surface area (Å²) in [6, 6.07) is 18.8. The molecule has 4 rings (SSSR count). The van der Waals surface area contributed by atoms with E-state index in [0.717, 1.165) is 15.4 Å². The fourth-order valence-corrected chi connectivity index (χ4v) is 3.93. The predicted molar refractivity (Wildman–Crippen MR) is 114 cm³/mol. The molecule has 136 valence electrons. The highest BCUT2D eigenvalue weighted by molar-refractivity contribution is 7.18. The minimum atomic E-state index is 0.0212. The van der Waals surface area contributed by atoms with Crippen molar-refractivity contribution in [3.8, 4) is 10.4 Å². The number of aromatic nitrogens is 2. The maximum Gasteiger partial charge on any atom is 0.183 e. The van der Waals surface area contributed by atoms with E-state index in [0.29, 0.717) is 6.54 Å². The molecule has 2 aromatic heterocycles. The molecule has 0 bridgehead atoms. The Morgan fingerprint density at radius 1 is 1.04 bits per heavy atom. The first-order valence-corrected chi connectivity index (χ1v) is 9.87. The van der Waals surface area contributed by atoms with Crippen LogP contribution < -0.4 is 11.1 Å². The van der Waals surface area contributed by atoms with Gasteiger partial charge in [-0.1, -0.05) is 60.7 Å². The van der Waals surface area contributed by atoms with E-state index in [1.165, 1.54) is 16.5 Å². The van der Waals surface area contributed by atoms with Crippen LogP contribution in [0.1, 0.15) is 18.4 Å². The lowest BCUT2D eigenvalue weighted by Crippen LogP contribution is -2.34. The number of nitrogens with zero attached hydrogens (tertiary/aromatic N) is 2. The molecule has 2 atom stereocenters. The van der Waals surface area contributed by atoms with Gasteiger partial charge in [0.15, 0.2) is 5.13 Å². The molecular formula is C22H22N4S. The first-order chi connectivity index (χ1) is 13.2. The molecular weight excluding hydrogens is 352 g/mol. The van der Waals surface area contributed by atoms with E-state index in [1.807, 2.05) is 30.7 Å². The van der Waals surface area contributed by atoms with Gasteiger partial charge in [-0.05, 0) is 34.6 Å². The van der Waals surface area contributed by atoms with Gasteiger partial charge in [-0.2, -0.15) is 0 Å². The topological polar surface area (TPSA) is 63.8 Å². The van der Waals surface area contributed by atoms with Gasteiger partial charge >= 0.3 is 0 Å². The highest BCUT2D eigenvalue weighted by Crippen LogP contribution is 2.31. The van der Waals surface area contributed by atoms with Crippen molar-refractivity contribution in [3.63, 3.8) is 0 Å². The first-order valence-electron chi connectivity index (χ1n) is 9.05. The van der Waals surface area contributed by atoms with E-state index in [-0.39, 0.29) is 12.0 Å². The Balaban J connectivity index is 1.43. The number of pyridine rings is 1. The average molecular weight is 375 g/mol. The maximum atomic E-state index is 6.39. The molecule has 0 radical (unpaired) electrons. The molecule has 2 aromatic carbocycles. The van der Waals surface area contributed by atoms with Crippen LogP contribution in [0.25, 0.3) is 21.2 Å². The fourth-order valence-electron chi connectivity index (χ4n) is 3.11. The van der Waals surface area contributed by atoms with Gasteiger partial charge in [0.1, 0.15) is 0 Å².